The third kappa shape index (κ3) is 3.49. The number of benzene rings is 1. The van der Waals surface area contributed by atoms with Gasteiger partial charge in [0.1, 0.15) is 0 Å². The van der Waals surface area contributed by atoms with E-state index in [0.29, 0.717) is 18.0 Å². The van der Waals surface area contributed by atoms with Gasteiger partial charge in [-0.05, 0) is 11.6 Å². The average molecular weight is 337 g/mol. The smallest absolute Gasteiger partial charge is 0.183 e. The maximum atomic E-state index is 5.36. The second kappa shape index (κ2) is 7.26. The number of hydrogen-bond donors (Lipinski definition) is 1. The van der Waals surface area contributed by atoms with Gasteiger partial charge in [0.25, 0.3) is 0 Å². The number of rotatable bonds is 6. The van der Waals surface area contributed by atoms with Crippen molar-refractivity contribution in [3.8, 4) is 11.5 Å². The molecule has 5 heteroatoms. The van der Waals surface area contributed by atoms with Crippen molar-refractivity contribution in [3.63, 3.8) is 0 Å². The Morgan fingerprint density at radius 3 is 2.60 bits per heavy atom. The van der Waals surface area contributed by atoms with Gasteiger partial charge in [0, 0.05) is 29.8 Å². The molecule has 0 bridgehead atoms. The predicted octanol–water partition coefficient (Wildman–Crippen LogP) is 3.15. The minimum atomic E-state index is 0.613. The molecule has 2 aromatic rings. The van der Waals surface area contributed by atoms with Crippen molar-refractivity contribution in [1.82, 2.24) is 10.3 Å². The minimum absolute atomic E-state index is 0.613. The van der Waals surface area contributed by atoms with Crippen LogP contribution in [0.15, 0.2) is 41.0 Å². The molecule has 0 spiro atoms. The van der Waals surface area contributed by atoms with E-state index in [1.807, 2.05) is 18.2 Å². The van der Waals surface area contributed by atoms with Gasteiger partial charge in [-0.3, -0.25) is 4.98 Å². The first-order valence-electron chi connectivity index (χ1n) is 6.26. The van der Waals surface area contributed by atoms with Crippen LogP contribution >= 0.6 is 15.9 Å². The molecule has 0 saturated carbocycles. The standard InChI is InChI=1S/C15H17BrN2O2/c1-19-14-7-8-18-13(15(14)20-2)10-17-9-11-5-3-4-6-12(11)16/h3-8,17H,9-10H2,1-2H3. The zero-order valence-corrected chi connectivity index (χ0v) is 13.1. The lowest BCUT2D eigenvalue weighted by molar-refractivity contribution is 0.348. The van der Waals surface area contributed by atoms with E-state index in [1.54, 1.807) is 26.5 Å². The molecule has 0 aliphatic rings. The van der Waals surface area contributed by atoms with E-state index in [0.717, 1.165) is 16.7 Å². The minimum Gasteiger partial charge on any atom is -0.493 e. The first-order chi connectivity index (χ1) is 9.76. The van der Waals surface area contributed by atoms with Crippen molar-refractivity contribution in [2.45, 2.75) is 13.1 Å². The summed E-state index contributed by atoms with van der Waals surface area (Å²) in [6, 6.07) is 9.91. The molecule has 1 aromatic heterocycles. The zero-order valence-electron chi connectivity index (χ0n) is 11.5. The van der Waals surface area contributed by atoms with Crippen LogP contribution < -0.4 is 14.8 Å². The topological polar surface area (TPSA) is 43.4 Å². The lowest BCUT2D eigenvalue weighted by Crippen LogP contribution is -2.15. The molecular weight excluding hydrogens is 320 g/mol. The van der Waals surface area contributed by atoms with E-state index in [4.69, 9.17) is 9.47 Å². The first-order valence-corrected chi connectivity index (χ1v) is 7.05. The van der Waals surface area contributed by atoms with Gasteiger partial charge < -0.3 is 14.8 Å². The average Bonchev–Trinajstić information content (AvgIpc) is 2.48. The molecule has 1 N–H and O–H groups in total. The third-order valence-corrected chi connectivity index (χ3v) is 3.71. The number of aromatic nitrogens is 1. The molecule has 0 unspecified atom stereocenters. The monoisotopic (exact) mass is 336 g/mol. The van der Waals surface area contributed by atoms with E-state index < -0.39 is 0 Å². The molecule has 4 nitrogen and oxygen atoms in total. The summed E-state index contributed by atoms with van der Waals surface area (Å²) in [5, 5.41) is 3.36. The fourth-order valence-electron chi connectivity index (χ4n) is 1.93. The van der Waals surface area contributed by atoms with Crippen molar-refractivity contribution in [2.24, 2.45) is 0 Å². The Morgan fingerprint density at radius 1 is 1.10 bits per heavy atom. The van der Waals surface area contributed by atoms with Crippen LogP contribution in [0.25, 0.3) is 0 Å². The maximum absolute atomic E-state index is 5.36. The molecule has 0 amide bonds. The van der Waals surface area contributed by atoms with Crippen molar-refractivity contribution in [3.05, 3.63) is 52.3 Å². The Bertz CT molecular complexity index is 576. The summed E-state index contributed by atoms with van der Waals surface area (Å²) < 4.78 is 11.7. The first kappa shape index (κ1) is 14.8. The van der Waals surface area contributed by atoms with Gasteiger partial charge >= 0.3 is 0 Å². The summed E-state index contributed by atoms with van der Waals surface area (Å²) in [6.07, 6.45) is 1.72. The molecule has 0 fully saturated rings. The summed E-state index contributed by atoms with van der Waals surface area (Å²) in [6.45, 7) is 1.37. The van der Waals surface area contributed by atoms with Crippen LogP contribution in [-0.2, 0) is 13.1 Å². The van der Waals surface area contributed by atoms with Gasteiger partial charge in [0.05, 0.1) is 19.9 Å². The fraction of sp³-hybridized carbons (Fsp3) is 0.267. The van der Waals surface area contributed by atoms with E-state index >= 15 is 0 Å². The Labute approximate surface area is 127 Å². The van der Waals surface area contributed by atoms with E-state index in [2.05, 4.69) is 32.3 Å². The maximum Gasteiger partial charge on any atom is 0.183 e. The van der Waals surface area contributed by atoms with Gasteiger partial charge in [-0.2, -0.15) is 0 Å². The van der Waals surface area contributed by atoms with Crippen LogP contribution in [0.4, 0.5) is 0 Å². The zero-order chi connectivity index (χ0) is 14.4. The van der Waals surface area contributed by atoms with Crippen molar-refractivity contribution in [1.29, 1.82) is 0 Å². The van der Waals surface area contributed by atoms with Crippen LogP contribution in [0, 0.1) is 0 Å². The predicted molar refractivity (Wildman–Crippen MR) is 82.0 cm³/mol. The quantitative estimate of drug-likeness (QED) is 0.879. The number of hydrogen-bond acceptors (Lipinski definition) is 4. The van der Waals surface area contributed by atoms with E-state index in [-0.39, 0.29) is 0 Å². The van der Waals surface area contributed by atoms with Gasteiger partial charge in [0.2, 0.25) is 0 Å². The van der Waals surface area contributed by atoms with Gasteiger partial charge in [0.15, 0.2) is 11.5 Å². The van der Waals surface area contributed by atoms with Gasteiger partial charge in [-0.1, -0.05) is 34.1 Å². The molecular formula is C15H17BrN2O2. The number of pyridine rings is 1. The highest BCUT2D eigenvalue weighted by molar-refractivity contribution is 9.10. The fourth-order valence-corrected chi connectivity index (χ4v) is 2.36. The van der Waals surface area contributed by atoms with Crippen LogP contribution in [0.5, 0.6) is 11.5 Å². The highest BCUT2D eigenvalue weighted by Crippen LogP contribution is 2.28. The van der Waals surface area contributed by atoms with Crippen LogP contribution in [0.3, 0.4) is 0 Å². The second-order valence-corrected chi connectivity index (χ2v) is 5.04. The summed E-state index contributed by atoms with van der Waals surface area (Å²) >= 11 is 3.53. The molecule has 0 radical (unpaired) electrons. The lowest BCUT2D eigenvalue weighted by Gasteiger charge is -2.12. The number of halogens is 1. The van der Waals surface area contributed by atoms with E-state index in [9.17, 15) is 0 Å². The summed E-state index contributed by atoms with van der Waals surface area (Å²) in [5.41, 5.74) is 2.04. The summed E-state index contributed by atoms with van der Waals surface area (Å²) in [5.74, 6) is 1.37. The van der Waals surface area contributed by atoms with Crippen LogP contribution in [0.1, 0.15) is 11.3 Å². The summed E-state index contributed by atoms with van der Waals surface area (Å²) in [7, 11) is 3.24. The Balaban J connectivity index is 2.03. The Hall–Kier alpha value is -1.59. The molecule has 1 aromatic carbocycles. The van der Waals surface area contributed by atoms with Crippen LogP contribution in [0.2, 0.25) is 0 Å². The number of ether oxygens (including phenoxy) is 2. The van der Waals surface area contributed by atoms with Crippen molar-refractivity contribution >= 4 is 15.9 Å². The lowest BCUT2D eigenvalue weighted by atomic mass is 10.2. The van der Waals surface area contributed by atoms with E-state index in [1.165, 1.54) is 5.56 Å². The Kier molecular flexibility index (Phi) is 5.38. The molecule has 2 rings (SSSR count). The number of nitrogens with one attached hydrogen (secondary N) is 1. The second-order valence-electron chi connectivity index (χ2n) is 4.19. The SMILES string of the molecule is COc1ccnc(CNCc2ccccc2Br)c1OC. The molecule has 0 aliphatic carbocycles. The van der Waals surface area contributed by atoms with Gasteiger partial charge in [-0.15, -0.1) is 0 Å². The van der Waals surface area contributed by atoms with Crippen molar-refractivity contribution < 1.29 is 9.47 Å². The van der Waals surface area contributed by atoms with Crippen molar-refractivity contribution in [2.75, 3.05) is 14.2 Å². The van der Waals surface area contributed by atoms with Crippen LogP contribution in [-0.4, -0.2) is 19.2 Å². The molecule has 0 atom stereocenters. The molecule has 0 saturated heterocycles. The molecule has 20 heavy (non-hydrogen) atoms. The number of methoxy groups -OCH3 is 2. The normalized spacial score (nSPS) is 10.3. The highest BCUT2D eigenvalue weighted by Gasteiger charge is 2.10. The van der Waals surface area contributed by atoms with Gasteiger partial charge in [-0.25, -0.2) is 0 Å². The summed E-state index contributed by atoms with van der Waals surface area (Å²) in [4.78, 5) is 4.33. The molecule has 106 valence electrons. The number of nitrogens with zero attached hydrogens (tertiary/aromatic N) is 1. The molecule has 0 aliphatic heterocycles. The highest BCUT2D eigenvalue weighted by atomic mass is 79.9. The largest absolute Gasteiger partial charge is 0.493 e. The third-order valence-electron chi connectivity index (χ3n) is 2.93. The molecule has 1 heterocycles. The Morgan fingerprint density at radius 2 is 1.90 bits per heavy atom.